The van der Waals surface area contributed by atoms with Crippen LogP contribution >= 0.6 is 0 Å². The van der Waals surface area contributed by atoms with Gasteiger partial charge in [0, 0.05) is 23.3 Å². The first-order valence-electron chi connectivity index (χ1n) is 8.39. The molecule has 1 heterocycles. The van der Waals surface area contributed by atoms with Crippen LogP contribution in [0.2, 0.25) is 0 Å². The van der Waals surface area contributed by atoms with E-state index in [1.54, 1.807) is 30.3 Å². The highest BCUT2D eigenvalue weighted by atomic mass is 16.3. The maximum absolute atomic E-state index is 12.3. The molecule has 2 aromatic carbocycles. The van der Waals surface area contributed by atoms with Crippen molar-refractivity contribution in [2.75, 3.05) is 0 Å². The van der Waals surface area contributed by atoms with Crippen LogP contribution in [0.5, 0.6) is 11.8 Å². The summed E-state index contributed by atoms with van der Waals surface area (Å²) in [5.41, 5.74) is 6.93. The Morgan fingerprint density at radius 1 is 0.852 bits per heavy atom. The molecule has 0 aliphatic rings. The van der Waals surface area contributed by atoms with Crippen LogP contribution in [-0.2, 0) is 6.42 Å². The normalized spacial score (nSPS) is 10.4. The Kier molecular flexibility index (Phi) is 5.12. The summed E-state index contributed by atoms with van der Waals surface area (Å²) in [7, 11) is 0. The van der Waals surface area contributed by atoms with Gasteiger partial charge in [-0.3, -0.25) is 25.0 Å². The molecule has 138 valence electrons. The van der Waals surface area contributed by atoms with Gasteiger partial charge in [0.25, 0.3) is 11.8 Å². The lowest BCUT2D eigenvalue weighted by Gasteiger charge is -2.10. The Morgan fingerprint density at radius 2 is 1.44 bits per heavy atom. The zero-order valence-corrected chi connectivity index (χ0v) is 14.6. The van der Waals surface area contributed by atoms with Gasteiger partial charge in [0.15, 0.2) is 11.8 Å². The molecule has 0 unspecified atom stereocenters. The number of aromatic hydroxyl groups is 2. The second-order valence-corrected chi connectivity index (χ2v) is 5.89. The second-order valence-electron chi connectivity index (χ2n) is 5.89. The molecule has 7 heteroatoms. The summed E-state index contributed by atoms with van der Waals surface area (Å²) in [6, 6.07) is 16.1. The molecule has 0 aliphatic heterocycles. The highest BCUT2D eigenvalue weighted by Crippen LogP contribution is 2.26. The zero-order valence-electron chi connectivity index (χ0n) is 14.6. The molecule has 3 rings (SSSR count). The molecule has 0 spiro atoms. The first kappa shape index (κ1) is 18.1. The van der Waals surface area contributed by atoms with E-state index in [9.17, 15) is 19.8 Å². The average Bonchev–Trinajstić information content (AvgIpc) is 3.04. The van der Waals surface area contributed by atoms with Crippen molar-refractivity contribution < 1.29 is 19.8 Å². The molecule has 0 atom stereocenters. The van der Waals surface area contributed by atoms with Crippen molar-refractivity contribution >= 4 is 11.8 Å². The Bertz CT molecular complexity index is 958. The number of aromatic nitrogens is 1. The van der Waals surface area contributed by atoms with Crippen LogP contribution in [0.25, 0.3) is 5.69 Å². The summed E-state index contributed by atoms with van der Waals surface area (Å²) in [4.78, 5) is 24.4. The molecule has 0 saturated heterocycles. The molecule has 7 nitrogen and oxygen atoms in total. The number of rotatable bonds is 4. The van der Waals surface area contributed by atoms with Crippen molar-refractivity contribution in [1.82, 2.24) is 15.4 Å². The van der Waals surface area contributed by atoms with E-state index in [0.717, 1.165) is 12.0 Å². The Balaban J connectivity index is 1.69. The predicted molar refractivity (Wildman–Crippen MR) is 99.9 cm³/mol. The van der Waals surface area contributed by atoms with E-state index in [4.69, 9.17) is 0 Å². The van der Waals surface area contributed by atoms with E-state index < -0.39 is 11.8 Å². The van der Waals surface area contributed by atoms with E-state index in [0.29, 0.717) is 11.3 Å². The number of hydrogen-bond acceptors (Lipinski definition) is 4. The van der Waals surface area contributed by atoms with E-state index in [2.05, 4.69) is 10.9 Å². The number of amides is 2. The molecule has 27 heavy (non-hydrogen) atoms. The van der Waals surface area contributed by atoms with Crippen molar-refractivity contribution in [3.05, 3.63) is 77.4 Å². The fraction of sp³-hybridized carbons (Fsp3) is 0.100. The van der Waals surface area contributed by atoms with Crippen LogP contribution in [0.1, 0.15) is 33.2 Å². The Hall–Kier alpha value is -3.74. The van der Waals surface area contributed by atoms with E-state index in [-0.39, 0.29) is 17.3 Å². The quantitative estimate of drug-likeness (QED) is 0.533. The number of benzene rings is 2. The van der Waals surface area contributed by atoms with Crippen molar-refractivity contribution in [1.29, 1.82) is 0 Å². The molecule has 0 saturated carbocycles. The number of nitrogens with zero attached hydrogens (tertiary/aromatic N) is 1. The van der Waals surface area contributed by atoms with Gasteiger partial charge in [-0.15, -0.1) is 0 Å². The Morgan fingerprint density at radius 3 is 2.04 bits per heavy atom. The fourth-order valence-corrected chi connectivity index (χ4v) is 2.62. The number of aryl methyl sites for hydroxylation is 1. The lowest BCUT2D eigenvalue weighted by Crippen LogP contribution is -2.41. The van der Waals surface area contributed by atoms with Crippen molar-refractivity contribution in [3.8, 4) is 17.4 Å². The van der Waals surface area contributed by atoms with Gasteiger partial charge in [0.2, 0.25) is 0 Å². The van der Waals surface area contributed by atoms with Gasteiger partial charge in [-0.25, -0.2) is 0 Å². The van der Waals surface area contributed by atoms with Gasteiger partial charge in [-0.1, -0.05) is 25.1 Å². The number of carbonyl (C=O) groups is 2. The molecule has 0 fully saturated rings. The van der Waals surface area contributed by atoms with Crippen LogP contribution in [0.4, 0.5) is 0 Å². The van der Waals surface area contributed by atoms with Gasteiger partial charge in [0.05, 0.1) is 5.69 Å². The molecule has 3 aromatic rings. The van der Waals surface area contributed by atoms with E-state index >= 15 is 0 Å². The average molecular weight is 365 g/mol. The Labute approximate surface area is 155 Å². The summed E-state index contributed by atoms with van der Waals surface area (Å²) in [5, 5.41) is 19.6. The molecule has 0 bridgehead atoms. The lowest BCUT2D eigenvalue weighted by atomic mass is 10.1. The largest absolute Gasteiger partial charge is 0.494 e. The third kappa shape index (κ3) is 3.92. The predicted octanol–water partition coefficient (Wildman–Crippen LogP) is 2.53. The molecule has 4 N–H and O–H groups in total. The number of nitrogens with one attached hydrogen (secondary N) is 2. The molecule has 0 aliphatic carbocycles. The highest BCUT2D eigenvalue weighted by Gasteiger charge is 2.12. The van der Waals surface area contributed by atoms with Gasteiger partial charge in [0.1, 0.15) is 0 Å². The summed E-state index contributed by atoms with van der Waals surface area (Å²) >= 11 is 0. The highest BCUT2D eigenvalue weighted by molar-refractivity contribution is 5.99. The van der Waals surface area contributed by atoms with Crippen LogP contribution in [0.15, 0.2) is 60.7 Å². The van der Waals surface area contributed by atoms with Crippen LogP contribution < -0.4 is 10.9 Å². The van der Waals surface area contributed by atoms with Crippen LogP contribution in [0, 0.1) is 0 Å². The lowest BCUT2D eigenvalue weighted by molar-refractivity contribution is 0.0846. The second kappa shape index (κ2) is 7.65. The molecule has 0 radical (unpaired) electrons. The van der Waals surface area contributed by atoms with Crippen molar-refractivity contribution in [3.63, 3.8) is 0 Å². The van der Waals surface area contributed by atoms with Crippen molar-refractivity contribution in [2.45, 2.75) is 13.3 Å². The van der Waals surface area contributed by atoms with Gasteiger partial charge >= 0.3 is 0 Å². The zero-order chi connectivity index (χ0) is 19.4. The van der Waals surface area contributed by atoms with Crippen molar-refractivity contribution in [2.24, 2.45) is 0 Å². The first-order chi connectivity index (χ1) is 13.0. The van der Waals surface area contributed by atoms with Crippen LogP contribution in [-0.4, -0.2) is 26.6 Å². The summed E-state index contributed by atoms with van der Waals surface area (Å²) in [6.07, 6.45) is 0.876. The smallest absolute Gasteiger partial charge is 0.269 e. The summed E-state index contributed by atoms with van der Waals surface area (Å²) in [5.74, 6) is -1.27. The first-order valence-corrected chi connectivity index (χ1v) is 8.39. The SMILES string of the molecule is CCc1ccc(C(=O)NNC(=O)c2cccc(-n3c(O)ccc3O)c2)cc1. The third-order valence-electron chi connectivity index (χ3n) is 4.12. The summed E-state index contributed by atoms with van der Waals surface area (Å²) < 4.78 is 1.19. The van der Waals surface area contributed by atoms with E-state index in [1.165, 1.54) is 22.8 Å². The van der Waals surface area contributed by atoms with Gasteiger partial charge in [-0.05, 0) is 42.3 Å². The van der Waals surface area contributed by atoms with Gasteiger partial charge in [-0.2, -0.15) is 0 Å². The minimum Gasteiger partial charge on any atom is -0.494 e. The monoisotopic (exact) mass is 365 g/mol. The minimum atomic E-state index is -0.526. The topological polar surface area (TPSA) is 104 Å². The van der Waals surface area contributed by atoms with E-state index in [1.807, 2.05) is 19.1 Å². The summed E-state index contributed by atoms with van der Waals surface area (Å²) in [6.45, 7) is 2.02. The van der Waals surface area contributed by atoms with Gasteiger partial charge < -0.3 is 10.2 Å². The fourth-order valence-electron chi connectivity index (χ4n) is 2.62. The molecule has 1 aromatic heterocycles. The standard InChI is InChI=1S/C20H19N3O4/c1-2-13-6-8-14(9-7-13)19(26)21-22-20(27)15-4-3-5-16(12-15)23-17(24)10-11-18(23)25/h3-12,24-25H,2H2,1H3,(H,21,26)(H,22,27). The maximum atomic E-state index is 12.3. The third-order valence-corrected chi connectivity index (χ3v) is 4.12. The minimum absolute atomic E-state index is 0.158. The number of hydrazine groups is 1. The number of hydrogen-bond donors (Lipinski definition) is 4. The van der Waals surface area contributed by atoms with Crippen LogP contribution in [0.3, 0.4) is 0 Å². The number of carbonyl (C=O) groups excluding carboxylic acids is 2. The molecular weight excluding hydrogens is 346 g/mol. The maximum Gasteiger partial charge on any atom is 0.269 e. The molecule has 2 amide bonds. The molecular formula is C20H19N3O4.